The summed E-state index contributed by atoms with van der Waals surface area (Å²) >= 11 is 0. The van der Waals surface area contributed by atoms with Crippen molar-refractivity contribution in [1.29, 1.82) is 0 Å². The first kappa shape index (κ1) is 38.7. The maximum atomic E-state index is 2.55. The molecule has 0 amide bonds. The number of fused-ring (bicyclic) bond motifs is 6. The fourth-order valence-corrected chi connectivity index (χ4v) is 10.5. The summed E-state index contributed by atoms with van der Waals surface area (Å²) in [6.07, 6.45) is 0. The molecular weight excluding hydrogens is 735 g/mol. The second-order valence-corrected chi connectivity index (χ2v) is 19.8. The number of hydrogen-bond acceptors (Lipinski definition) is 1. The zero-order valence-electron chi connectivity index (χ0n) is 36.8. The van der Waals surface area contributed by atoms with Gasteiger partial charge in [-0.1, -0.05) is 219 Å². The van der Waals surface area contributed by atoms with Gasteiger partial charge in [-0.15, -0.1) is 0 Å². The molecule has 0 aromatic heterocycles. The molecule has 0 spiro atoms. The third-order valence-electron chi connectivity index (χ3n) is 13.7. The minimum absolute atomic E-state index is 0.0388. The summed E-state index contributed by atoms with van der Waals surface area (Å²) in [6.45, 7) is 18.6. The Morgan fingerprint density at radius 3 is 1.49 bits per heavy atom. The average Bonchev–Trinajstić information content (AvgIpc) is 3.70. The molecule has 0 saturated heterocycles. The fraction of sp³-hybridized carbons (Fsp3) is 0.200. The Morgan fingerprint density at radius 2 is 0.869 bits per heavy atom. The second-order valence-electron chi connectivity index (χ2n) is 19.8. The van der Waals surface area contributed by atoms with Crippen LogP contribution in [0.2, 0.25) is 0 Å². The summed E-state index contributed by atoms with van der Waals surface area (Å²) < 4.78 is 0. The molecule has 0 fully saturated rings. The van der Waals surface area contributed by atoms with E-state index >= 15 is 0 Å². The van der Waals surface area contributed by atoms with E-state index in [4.69, 9.17) is 0 Å². The van der Waals surface area contributed by atoms with Gasteiger partial charge >= 0.3 is 0 Å². The van der Waals surface area contributed by atoms with Crippen molar-refractivity contribution in [3.05, 3.63) is 233 Å². The van der Waals surface area contributed by atoms with E-state index in [1.807, 2.05) is 0 Å². The molecule has 0 bridgehead atoms. The van der Waals surface area contributed by atoms with Crippen LogP contribution in [0.15, 0.2) is 188 Å². The standard InChI is InChI=1S/C60H55N/c1-57(2,3)41-29-33-43(34-30-41)60(44-35-31-42(32-36-44)58(4,5)6)51-25-16-13-23-49(51)56-52(60)26-18-28-55(56)61(54-27-17-14-21-46(54)40-19-10-9-11-20-40)45-37-38-48-47-22-12-15-24-50(47)59(7,8)53(48)39-45/h9-39H,1-8H3. The van der Waals surface area contributed by atoms with Crippen LogP contribution in [0.5, 0.6) is 0 Å². The first-order chi connectivity index (χ1) is 29.3. The van der Waals surface area contributed by atoms with Crippen LogP contribution in [-0.2, 0) is 21.7 Å². The highest BCUT2D eigenvalue weighted by atomic mass is 15.1. The van der Waals surface area contributed by atoms with Crippen LogP contribution in [0.4, 0.5) is 17.1 Å². The van der Waals surface area contributed by atoms with Crippen molar-refractivity contribution in [2.24, 2.45) is 0 Å². The SMILES string of the molecule is CC(C)(C)c1ccc(C2(c3ccc(C(C)(C)C)cc3)c3ccccc3-c3c(N(c4ccc5c(c4)C(C)(C)c4ccccc4-5)c4ccccc4-c4ccccc4)cccc32)cc1. The van der Waals surface area contributed by atoms with Crippen LogP contribution >= 0.6 is 0 Å². The molecule has 1 heteroatoms. The van der Waals surface area contributed by atoms with Crippen LogP contribution in [0, 0.1) is 0 Å². The molecule has 2 aliphatic carbocycles. The van der Waals surface area contributed by atoms with Crippen molar-refractivity contribution in [1.82, 2.24) is 0 Å². The number of anilines is 3. The van der Waals surface area contributed by atoms with E-state index in [1.165, 1.54) is 83.6 Å². The van der Waals surface area contributed by atoms with Gasteiger partial charge in [-0.05, 0) is 102 Å². The molecule has 300 valence electrons. The Morgan fingerprint density at radius 1 is 0.377 bits per heavy atom. The molecule has 0 heterocycles. The highest BCUT2D eigenvalue weighted by molar-refractivity contribution is 6.00. The molecule has 8 aromatic carbocycles. The minimum Gasteiger partial charge on any atom is -0.309 e. The zero-order chi connectivity index (χ0) is 42.3. The van der Waals surface area contributed by atoms with E-state index in [2.05, 4.69) is 248 Å². The van der Waals surface area contributed by atoms with Crippen molar-refractivity contribution in [3.63, 3.8) is 0 Å². The van der Waals surface area contributed by atoms with Gasteiger partial charge in [-0.2, -0.15) is 0 Å². The van der Waals surface area contributed by atoms with Crippen molar-refractivity contribution < 1.29 is 0 Å². The first-order valence-corrected chi connectivity index (χ1v) is 21.9. The van der Waals surface area contributed by atoms with Crippen molar-refractivity contribution >= 4 is 17.1 Å². The van der Waals surface area contributed by atoms with Gasteiger partial charge < -0.3 is 4.90 Å². The summed E-state index contributed by atoms with van der Waals surface area (Å²) in [7, 11) is 0. The maximum Gasteiger partial charge on any atom is 0.0714 e. The smallest absolute Gasteiger partial charge is 0.0714 e. The predicted molar refractivity (Wildman–Crippen MR) is 259 cm³/mol. The Hall–Kier alpha value is -6.44. The molecule has 1 nitrogen and oxygen atoms in total. The highest BCUT2D eigenvalue weighted by Gasteiger charge is 2.48. The summed E-state index contributed by atoms with van der Waals surface area (Å²) in [5.74, 6) is 0. The van der Waals surface area contributed by atoms with Gasteiger partial charge in [0.15, 0.2) is 0 Å². The number of hydrogen-bond donors (Lipinski definition) is 0. The quantitative estimate of drug-likeness (QED) is 0.162. The van der Waals surface area contributed by atoms with Gasteiger partial charge in [-0.25, -0.2) is 0 Å². The first-order valence-electron chi connectivity index (χ1n) is 21.9. The molecule has 2 aliphatic rings. The van der Waals surface area contributed by atoms with Crippen LogP contribution in [0.25, 0.3) is 33.4 Å². The predicted octanol–water partition coefficient (Wildman–Crippen LogP) is 16.1. The molecule has 0 N–H and O–H groups in total. The van der Waals surface area contributed by atoms with Crippen LogP contribution in [0.1, 0.15) is 99.9 Å². The Balaban J connectivity index is 1.28. The Kier molecular flexibility index (Phi) is 8.93. The van der Waals surface area contributed by atoms with E-state index in [-0.39, 0.29) is 16.2 Å². The van der Waals surface area contributed by atoms with Gasteiger partial charge in [0.25, 0.3) is 0 Å². The normalized spacial score (nSPS) is 14.5. The molecule has 10 rings (SSSR count). The Bertz CT molecular complexity index is 2880. The van der Waals surface area contributed by atoms with Crippen molar-refractivity contribution in [2.75, 3.05) is 4.90 Å². The monoisotopic (exact) mass is 789 g/mol. The molecule has 0 saturated carbocycles. The van der Waals surface area contributed by atoms with Crippen molar-refractivity contribution in [2.45, 2.75) is 77.0 Å². The molecular formula is C60H55N. The highest BCUT2D eigenvalue weighted by Crippen LogP contribution is 2.60. The van der Waals surface area contributed by atoms with Gasteiger partial charge in [0.1, 0.15) is 0 Å². The lowest BCUT2D eigenvalue weighted by Gasteiger charge is -2.35. The van der Waals surface area contributed by atoms with Gasteiger partial charge in [0.05, 0.1) is 16.8 Å². The number of benzene rings is 8. The van der Waals surface area contributed by atoms with Crippen LogP contribution in [-0.4, -0.2) is 0 Å². The minimum atomic E-state index is -0.555. The third-order valence-corrected chi connectivity index (χ3v) is 13.7. The number of nitrogens with zero attached hydrogens (tertiary/aromatic N) is 1. The molecule has 8 aromatic rings. The summed E-state index contributed by atoms with van der Waals surface area (Å²) in [6, 6.07) is 71.2. The van der Waals surface area contributed by atoms with Gasteiger partial charge in [-0.3, -0.25) is 0 Å². The molecule has 0 aliphatic heterocycles. The molecule has 0 unspecified atom stereocenters. The number of rotatable bonds is 6. The largest absolute Gasteiger partial charge is 0.309 e. The van der Waals surface area contributed by atoms with E-state index in [9.17, 15) is 0 Å². The molecule has 0 radical (unpaired) electrons. The summed E-state index contributed by atoms with van der Waals surface area (Å²) in [5.41, 5.74) is 21.0. The number of para-hydroxylation sites is 1. The maximum absolute atomic E-state index is 2.55. The van der Waals surface area contributed by atoms with Crippen LogP contribution < -0.4 is 4.90 Å². The lowest BCUT2D eigenvalue weighted by molar-refractivity contribution is 0.588. The van der Waals surface area contributed by atoms with Gasteiger partial charge in [0, 0.05) is 22.2 Å². The van der Waals surface area contributed by atoms with E-state index < -0.39 is 5.41 Å². The molecule has 61 heavy (non-hydrogen) atoms. The lowest BCUT2D eigenvalue weighted by Crippen LogP contribution is -2.29. The zero-order valence-corrected chi connectivity index (χ0v) is 36.8. The Labute approximate surface area is 363 Å². The topological polar surface area (TPSA) is 3.24 Å². The fourth-order valence-electron chi connectivity index (χ4n) is 10.5. The van der Waals surface area contributed by atoms with Gasteiger partial charge in [0.2, 0.25) is 0 Å². The second kappa shape index (κ2) is 14.1. The van der Waals surface area contributed by atoms with Crippen LogP contribution in [0.3, 0.4) is 0 Å². The molecule has 0 atom stereocenters. The lowest BCUT2D eigenvalue weighted by atomic mass is 9.67. The summed E-state index contributed by atoms with van der Waals surface area (Å²) in [4.78, 5) is 2.55. The summed E-state index contributed by atoms with van der Waals surface area (Å²) in [5, 5.41) is 0. The van der Waals surface area contributed by atoms with E-state index in [1.54, 1.807) is 0 Å². The van der Waals surface area contributed by atoms with E-state index in [0.717, 1.165) is 11.4 Å². The van der Waals surface area contributed by atoms with Crippen molar-refractivity contribution in [3.8, 4) is 33.4 Å². The third kappa shape index (κ3) is 6.04. The van der Waals surface area contributed by atoms with E-state index in [0.29, 0.717) is 0 Å². The average molecular weight is 790 g/mol.